The van der Waals surface area contributed by atoms with Gasteiger partial charge in [-0.1, -0.05) is 34.1 Å². The predicted molar refractivity (Wildman–Crippen MR) is 88.0 cm³/mol. The highest BCUT2D eigenvalue weighted by Gasteiger charge is 2.13. The van der Waals surface area contributed by atoms with Crippen LogP contribution < -0.4 is 4.83 Å². The standard InChI is InChI=1S/C15H15BrN2O2S/c1-11-6-7-15(8-12(11)2)21(19,20)18-17-10-13-4-3-5-14(16)9-13/h3-10,18H,1-2H3/b17-10+. The van der Waals surface area contributed by atoms with Crippen molar-refractivity contribution in [2.45, 2.75) is 18.7 Å². The van der Waals surface area contributed by atoms with Crippen LogP contribution in [0, 0.1) is 13.8 Å². The third-order valence-corrected chi connectivity index (χ3v) is 4.74. The van der Waals surface area contributed by atoms with Crippen LogP contribution in [-0.2, 0) is 10.0 Å². The molecule has 2 rings (SSSR count). The van der Waals surface area contributed by atoms with Gasteiger partial charge in [-0.3, -0.25) is 0 Å². The summed E-state index contributed by atoms with van der Waals surface area (Å²) in [5.74, 6) is 0. The fraction of sp³-hybridized carbons (Fsp3) is 0.133. The smallest absolute Gasteiger partial charge is 0.200 e. The van der Waals surface area contributed by atoms with Gasteiger partial charge in [-0.2, -0.15) is 13.5 Å². The molecule has 0 unspecified atom stereocenters. The van der Waals surface area contributed by atoms with E-state index in [2.05, 4.69) is 25.9 Å². The first-order chi connectivity index (χ1) is 9.88. The Morgan fingerprint density at radius 1 is 1.10 bits per heavy atom. The molecule has 0 fully saturated rings. The molecule has 0 radical (unpaired) electrons. The van der Waals surface area contributed by atoms with Crippen LogP contribution in [-0.4, -0.2) is 14.6 Å². The number of nitrogens with zero attached hydrogens (tertiary/aromatic N) is 1. The molecular formula is C15H15BrN2O2S. The van der Waals surface area contributed by atoms with Gasteiger partial charge in [0.2, 0.25) is 0 Å². The highest BCUT2D eigenvalue weighted by molar-refractivity contribution is 9.10. The summed E-state index contributed by atoms with van der Waals surface area (Å²) in [6.45, 7) is 3.81. The number of halogens is 1. The first kappa shape index (κ1) is 15.7. The Hall–Kier alpha value is -1.66. The van der Waals surface area contributed by atoms with E-state index in [1.54, 1.807) is 18.2 Å². The summed E-state index contributed by atoms with van der Waals surface area (Å²) in [7, 11) is -3.64. The van der Waals surface area contributed by atoms with Crippen LogP contribution in [0.15, 0.2) is 56.9 Å². The van der Waals surface area contributed by atoms with Crippen molar-refractivity contribution in [3.8, 4) is 0 Å². The van der Waals surface area contributed by atoms with Gasteiger partial charge in [-0.15, -0.1) is 0 Å². The quantitative estimate of drug-likeness (QED) is 0.665. The number of hydrazone groups is 1. The average Bonchev–Trinajstić information content (AvgIpc) is 2.41. The first-order valence-electron chi connectivity index (χ1n) is 6.26. The van der Waals surface area contributed by atoms with E-state index in [0.717, 1.165) is 21.2 Å². The molecule has 0 aliphatic rings. The second-order valence-corrected chi connectivity index (χ2v) is 7.23. The van der Waals surface area contributed by atoms with Crippen LogP contribution in [0.25, 0.3) is 0 Å². The Morgan fingerprint density at radius 2 is 1.86 bits per heavy atom. The van der Waals surface area contributed by atoms with Gasteiger partial charge in [0, 0.05) is 4.47 Å². The van der Waals surface area contributed by atoms with Gasteiger partial charge in [0.05, 0.1) is 11.1 Å². The van der Waals surface area contributed by atoms with Gasteiger partial charge in [-0.05, 0) is 54.8 Å². The monoisotopic (exact) mass is 366 g/mol. The largest absolute Gasteiger partial charge is 0.276 e. The number of hydrogen-bond acceptors (Lipinski definition) is 3. The highest BCUT2D eigenvalue weighted by atomic mass is 79.9. The minimum atomic E-state index is -3.64. The summed E-state index contributed by atoms with van der Waals surface area (Å²) in [5, 5.41) is 3.80. The lowest BCUT2D eigenvalue weighted by Gasteiger charge is -2.06. The molecule has 0 aliphatic heterocycles. The molecule has 0 saturated heterocycles. The number of benzene rings is 2. The fourth-order valence-corrected chi connectivity index (χ4v) is 2.98. The maximum absolute atomic E-state index is 12.1. The van der Waals surface area contributed by atoms with Crippen LogP contribution in [0.4, 0.5) is 0 Å². The van der Waals surface area contributed by atoms with Crippen molar-refractivity contribution in [2.24, 2.45) is 5.10 Å². The molecule has 0 atom stereocenters. The molecule has 21 heavy (non-hydrogen) atoms. The van der Waals surface area contributed by atoms with E-state index in [4.69, 9.17) is 0 Å². The molecule has 0 spiro atoms. The van der Waals surface area contributed by atoms with Crippen molar-refractivity contribution in [1.82, 2.24) is 4.83 Å². The summed E-state index contributed by atoms with van der Waals surface area (Å²) >= 11 is 3.34. The molecule has 0 saturated carbocycles. The van der Waals surface area contributed by atoms with E-state index in [0.29, 0.717) is 0 Å². The van der Waals surface area contributed by atoms with Gasteiger partial charge in [0.25, 0.3) is 10.0 Å². The normalized spacial score (nSPS) is 11.8. The summed E-state index contributed by atoms with van der Waals surface area (Å²) in [5.41, 5.74) is 2.77. The van der Waals surface area contributed by atoms with Crippen molar-refractivity contribution >= 4 is 32.2 Å². The average molecular weight is 367 g/mol. The van der Waals surface area contributed by atoms with Crippen molar-refractivity contribution in [3.05, 3.63) is 63.6 Å². The first-order valence-corrected chi connectivity index (χ1v) is 8.54. The summed E-state index contributed by atoms with van der Waals surface area (Å²) in [6.07, 6.45) is 1.46. The zero-order valence-corrected chi connectivity index (χ0v) is 14.1. The van der Waals surface area contributed by atoms with Gasteiger partial charge < -0.3 is 0 Å². The molecule has 2 aromatic carbocycles. The molecule has 4 nitrogen and oxygen atoms in total. The van der Waals surface area contributed by atoms with Crippen LogP contribution >= 0.6 is 15.9 Å². The minimum Gasteiger partial charge on any atom is -0.200 e. The summed E-state index contributed by atoms with van der Waals surface area (Å²) < 4.78 is 25.1. The second kappa shape index (κ2) is 6.41. The molecule has 0 heterocycles. The number of rotatable bonds is 4. The van der Waals surface area contributed by atoms with E-state index in [9.17, 15) is 8.42 Å². The van der Waals surface area contributed by atoms with Crippen LogP contribution in [0.1, 0.15) is 16.7 Å². The van der Waals surface area contributed by atoms with Crippen LogP contribution in [0.5, 0.6) is 0 Å². The van der Waals surface area contributed by atoms with Gasteiger partial charge in [-0.25, -0.2) is 4.83 Å². The Kier molecular flexibility index (Phi) is 4.80. The fourth-order valence-electron chi connectivity index (χ4n) is 1.69. The van der Waals surface area contributed by atoms with Crippen molar-refractivity contribution in [2.75, 3.05) is 0 Å². The molecule has 6 heteroatoms. The van der Waals surface area contributed by atoms with Gasteiger partial charge in [0.1, 0.15) is 0 Å². The maximum Gasteiger partial charge on any atom is 0.276 e. The Balaban J connectivity index is 2.16. The predicted octanol–water partition coefficient (Wildman–Crippen LogP) is 3.38. The lowest BCUT2D eigenvalue weighted by atomic mass is 10.1. The third-order valence-electron chi connectivity index (χ3n) is 3.02. The van der Waals surface area contributed by atoms with E-state index < -0.39 is 10.0 Å². The maximum atomic E-state index is 12.1. The zero-order valence-electron chi connectivity index (χ0n) is 11.7. The topological polar surface area (TPSA) is 58.5 Å². The number of hydrogen-bond donors (Lipinski definition) is 1. The van der Waals surface area contributed by atoms with E-state index in [-0.39, 0.29) is 4.90 Å². The SMILES string of the molecule is Cc1ccc(S(=O)(=O)N/N=C/c2cccc(Br)c2)cc1C. The Bertz CT molecular complexity index is 786. The second-order valence-electron chi connectivity index (χ2n) is 4.65. The van der Waals surface area contributed by atoms with Crippen LogP contribution in [0.2, 0.25) is 0 Å². The Labute approximate surface area is 133 Å². The molecule has 0 bridgehead atoms. The summed E-state index contributed by atoms with van der Waals surface area (Å²) in [4.78, 5) is 2.42. The molecule has 0 aromatic heterocycles. The lowest BCUT2D eigenvalue weighted by molar-refractivity contribution is 0.584. The molecular weight excluding hydrogens is 352 g/mol. The number of nitrogens with one attached hydrogen (secondary N) is 1. The van der Waals surface area contributed by atoms with Gasteiger partial charge >= 0.3 is 0 Å². The van der Waals surface area contributed by atoms with Crippen molar-refractivity contribution < 1.29 is 8.42 Å². The molecule has 1 N–H and O–H groups in total. The van der Waals surface area contributed by atoms with E-state index >= 15 is 0 Å². The molecule has 2 aromatic rings. The highest BCUT2D eigenvalue weighted by Crippen LogP contribution is 2.14. The van der Waals surface area contributed by atoms with Crippen molar-refractivity contribution in [3.63, 3.8) is 0 Å². The molecule has 0 amide bonds. The molecule has 110 valence electrons. The summed E-state index contributed by atoms with van der Waals surface area (Å²) in [6, 6.07) is 12.4. The van der Waals surface area contributed by atoms with Crippen molar-refractivity contribution in [1.29, 1.82) is 0 Å². The third kappa shape index (κ3) is 4.15. The van der Waals surface area contributed by atoms with Gasteiger partial charge in [0.15, 0.2) is 0 Å². The Morgan fingerprint density at radius 3 is 2.52 bits per heavy atom. The zero-order chi connectivity index (χ0) is 15.5. The van der Waals surface area contributed by atoms with Crippen LogP contribution in [0.3, 0.4) is 0 Å². The van der Waals surface area contributed by atoms with E-state index in [1.165, 1.54) is 6.21 Å². The molecule has 0 aliphatic carbocycles. The minimum absolute atomic E-state index is 0.206. The lowest BCUT2D eigenvalue weighted by Crippen LogP contribution is -2.18. The number of sulfonamides is 1. The van der Waals surface area contributed by atoms with E-state index in [1.807, 2.05) is 38.1 Å². The number of aryl methyl sites for hydroxylation is 2.